The van der Waals surface area contributed by atoms with E-state index in [9.17, 15) is 31.6 Å². The van der Waals surface area contributed by atoms with E-state index in [1.807, 2.05) is 40.4 Å². The standard InChI is InChI=1S/C30H34F2N6O6S2/c1-15(2)23(33)28(40)38-14-16(44-27-24(22-8-5-11-45-22)34-19-6-3-4-7-20(19)35-27)12-21(38)26(39)36-30(13-18(30)25(31)32)29(41)37-46(42,43)17-9-10-17/h3-8,11,15-18,21,23,25H,9-10,12-14,33H2,1-2H3,(H,36,39)(H,37,41)/t16-,18+,21?,23+,30-/m1/s1. The Morgan fingerprint density at radius 1 is 1.11 bits per heavy atom. The van der Waals surface area contributed by atoms with Crippen molar-refractivity contribution in [2.24, 2.45) is 17.6 Å². The molecule has 0 spiro atoms. The third-order valence-electron chi connectivity index (χ3n) is 8.69. The smallest absolute Gasteiger partial charge is 0.259 e. The molecule has 0 radical (unpaired) electrons. The number of sulfonamides is 1. The summed E-state index contributed by atoms with van der Waals surface area (Å²) in [6.45, 7) is 3.41. The summed E-state index contributed by atoms with van der Waals surface area (Å²) >= 11 is 1.43. The van der Waals surface area contributed by atoms with Crippen LogP contribution < -0.4 is 20.5 Å². The molecule has 1 saturated heterocycles. The Morgan fingerprint density at radius 3 is 2.39 bits per heavy atom. The lowest BCUT2D eigenvalue weighted by Gasteiger charge is -2.29. The number of carbonyl (C=O) groups excluding carboxylic acids is 3. The Bertz CT molecular complexity index is 1770. The topological polar surface area (TPSA) is 174 Å². The van der Waals surface area contributed by atoms with Crippen LogP contribution >= 0.6 is 11.3 Å². The molecule has 2 saturated carbocycles. The number of thiophene rings is 1. The summed E-state index contributed by atoms with van der Waals surface area (Å²) in [6.07, 6.45) is -3.59. The number of carbonyl (C=O) groups is 3. The minimum Gasteiger partial charge on any atom is -0.471 e. The number of para-hydroxylation sites is 2. The van der Waals surface area contributed by atoms with E-state index in [0.29, 0.717) is 29.6 Å². The number of nitrogens with two attached hydrogens (primary N) is 1. The molecule has 3 heterocycles. The molecule has 2 aromatic heterocycles. The average molecular weight is 677 g/mol. The van der Waals surface area contributed by atoms with Gasteiger partial charge in [0, 0.05) is 6.42 Å². The zero-order valence-electron chi connectivity index (χ0n) is 25.1. The Hall–Kier alpha value is -3.76. The second kappa shape index (κ2) is 12.1. The Labute approximate surface area is 268 Å². The van der Waals surface area contributed by atoms with Crippen LogP contribution in [0.5, 0.6) is 5.88 Å². The van der Waals surface area contributed by atoms with Crippen molar-refractivity contribution in [3.8, 4) is 16.5 Å². The fourth-order valence-electron chi connectivity index (χ4n) is 5.69. The van der Waals surface area contributed by atoms with Gasteiger partial charge < -0.3 is 20.7 Å². The Morgan fingerprint density at radius 2 is 1.80 bits per heavy atom. The number of nitrogens with zero attached hydrogens (tertiary/aromatic N) is 3. The summed E-state index contributed by atoms with van der Waals surface area (Å²) in [5, 5.41) is 3.51. The number of fused-ring (bicyclic) bond motifs is 1. The molecule has 1 unspecified atom stereocenters. The molecule has 1 aromatic carbocycles. The van der Waals surface area contributed by atoms with Crippen LogP contribution in [0.15, 0.2) is 41.8 Å². The number of ether oxygens (including phenoxy) is 1. The van der Waals surface area contributed by atoms with Crippen molar-refractivity contribution < 1.29 is 36.3 Å². The van der Waals surface area contributed by atoms with Gasteiger partial charge in [0.15, 0.2) is 0 Å². The molecule has 3 amide bonds. The lowest BCUT2D eigenvalue weighted by Crippen LogP contribution is -2.58. The largest absolute Gasteiger partial charge is 0.471 e. The van der Waals surface area contributed by atoms with Crippen LogP contribution in [-0.4, -0.2) is 83.0 Å². The highest BCUT2D eigenvalue weighted by molar-refractivity contribution is 7.91. The number of rotatable bonds is 11. The van der Waals surface area contributed by atoms with Crippen molar-refractivity contribution in [3.63, 3.8) is 0 Å². The van der Waals surface area contributed by atoms with E-state index in [0.717, 1.165) is 4.88 Å². The quantitative estimate of drug-likeness (QED) is 0.276. The van der Waals surface area contributed by atoms with Crippen molar-refractivity contribution in [2.75, 3.05) is 6.54 Å². The van der Waals surface area contributed by atoms with Gasteiger partial charge in [-0.2, -0.15) is 0 Å². The van der Waals surface area contributed by atoms with Crippen LogP contribution in [0, 0.1) is 11.8 Å². The van der Waals surface area contributed by atoms with Crippen LogP contribution in [0.4, 0.5) is 8.78 Å². The summed E-state index contributed by atoms with van der Waals surface area (Å²) in [6, 6.07) is 8.74. The molecule has 12 nitrogen and oxygen atoms in total. The molecule has 0 bridgehead atoms. The highest BCUT2D eigenvalue weighted by atomic mass is 32.2. The summed E-state index contributed by atoms with van der Waals surface area (Å²) in [5.74, 6) is -4.35. The predicted octanol–water partition coefficient (Wildman–Crippen LogP) is 2.44. The fraction of sp³-hybridized carbons (Fsp3) is 0.500. The van der Waals surface area contributed by atoms with E-state index in [-0.39, 0.29) is 24.8 Å². The normalized spacial score (nSPS) is 25.1. The second-order valence-electron chi connectivity index (χ2n) is 12.4. The molecule has 2 aliphatic carbocycles. The van der Waals surface area contributed by atoms with Crippen LogP contribution in [-0.2, 0) is 24.4 Å². The molecule has 3 aliphatic rings. The van der Waals surface area contributed by atoms with Gasteiger partial charge in [0.2, 0.25) is 34.1 Å². The molecule has 3 fully saturated rings. The van der Waals surface area contributed by atoms with E-state index in [4.69, 9.17) is 15.5 Å². The fourth-order valence-corrected chi connectivity index (χ4v) is 7.76. The summed E-state index contributed by atoms with van der Waals surface area (Å²) < 4.78 is 60.9. The first kappa shape index (κ1) is 32.2. The Balaban J connectivity index is 1.28. The zero-order chi connectivity index (χ0) is 33.0. The zero-order valence-corrected chi connectivity index (χ0v) is 26.7. The molecule has 3 aromatic rings. The molecule has 4 N–H and O–H groups in total. The number of hydrogen-bond donors (Lipinski definition) is 3. The van der Waals surface area contributed by atoms with Gasteiger partial charge >= 0.3 is 0 Å². The van der Waals surface area contributed by atoms with Crippen molar-refractivity contribution in [1.82, 2.24) is 24.9 Å². The maximum Gasteiger partial charge on any atom is 0.259 e. The van der Waals surface area contributed by atoms with Crippen molar-refractivity contribution >= 4 is 50.1 Å². The van der Waals surface area contributed by atoms with Gasteiger partial charge in [-0.15, -0.1) is 11.3 Å². The van der Waals surface area contributed by atoms with Gasteiger partial charge in [-0.3, -0.25) is 19.1 Å². The number of aromatic nitrogens is 2. The van der Waals surface area contributed by atoms with Crippen LogP contribution in [0.3, 0.4) is 0 Å². The number of benzene rings is 1. The summed E-state index contributed by atoms with van der Waals surface area (Å²) in [7, 11) is -4.07. The first-order valence-electron chi connectivity index (χ1n) is 15.0. The number of amides is 3. The van der Waals surface area contributed by atoms with E-state index in [1.54, 1.807) is 19.9 Å². The van der Waals surface area contributed by atoms with E-state index in [1.165, 1.54) is 16.2 Å². The first-order chi connectivity index (χ1) is 21.8. The third-order valence-corrected chi connectivity index (χ3v) is 11.4. The molecule has 246 valence electrons. The third kappa shape index (κ3) is 6.17. The molecule has 46 heavy (non-hydrogen) atoms. The molecule has 1 aliphatic heterocycles. The molecular formula is C30H34F2N6O6S2. The van der Waals surface area contributed by atoms with E-state index >= 15 is 0 Å². The van der Waals surface area contributed by atoms with Gasteiger partial charge in [-0.1, -0.05) is 32.0 Å². The number of halogens is 2. The average Bonchev–Trinajstić information content (AvgIpc) is 3.89. The lowest BCUT2D eigenvalue weighted by atomic mass is 10.0. The van der Waals surface area contributed by atoms with Crippen LogP contribution in [0.25, 0.3) is 21.6 Å². The number of alkyl halides is 2. The van der Waals surface area contributed by atoms with Gasteiger partial charge in [-0.05, 0) is 48.8 Å². The number of likely N-dealkylation sites (tertiary alicyclic amines) is 1. The van der Waals surface area contributed by atoms with Gasteiger partial charge in [0.25, 0.3) is 5.91 Å². The molecule has 6 rings (SSSR count). The van der Waals surface area contributed by atoms with Crippen LogP contribution in [0.1, 0.15) is 39.5 Å². The highest BCUT2D eigenvalue weighted by Gasteiger charge is 2.66. The molecule has 5 atom stereocenters. The van der Waals surface area contributed by atoms with Crippen LogP contribution in [0.2, 0.25) is 0 Å². The molecule has 16 heteroatoms. The SMILES string of the molecule is CC(C)[C@H](N)C(=O)N1C[C@H](Oc2nc3ccccc3nc2-c2cccs2)CC1C(=O)N[C@]1(C(=O)NS(=O)(=O)C2CC2)C[C@H]1C(F)F. The Kier molecular flexibility index (Phi) is 8.48. The number of nitrogens with one attached hydrogen (secondary N) is 2. The predicted molar refractivity (Wildman–Crippen MR) is 165 cm³/mol. The lowest BCUT2D eigenvalue weighted by molar-refractivity contribution is -0.141. The van der Waals surface area contributed by atoms with Crippen molar-refractivity contribution in [3.05, 3.63) is 41.8 Å². The van der Waals surface area contributed by atoms with Gasteiger partial charge in [-0.25, -0.2) is 27.2 Å². The van der Waals surface area contributed by atoms with Gasteiger partial charge in [0.1, 0.15) is 23.4 Å². The minimum atomic E-state index is -4.07. The maximum atomic E-state index is 13.9. The van der Waals surface area contributed by atoms with Crippen molar-refractivity contribution in [1.29, 1.82) is 0 Å². The summed E-state index contributed by atoms with van der Waals surface area (Å²) in [5.41, 5.74) is 5.74. The van der Waals surface area contributed by atoms with Crippen molar-refractivity contribution in [2.45, 2.75) is 74.9 Å². The summed E-state index contributed by atoms with van der Waals surface area (Å²) in [4.78, 5) is 51.9. The molecular weight excluding hydrogens is 642 g/mol. The monoisotopic (exact) mass is 676 g/mol. The van der Waals surface area contributed by atoms with Gasteiger partial charge in [0.05, 0.1) is 39.7 Å². The maximum absolute atomic E-state index is 13.9. The number of hydrogen-bond acceptors (Lipinski definition) is 10. The second-order valence-corrected chi connectivity index (χ2v) is 15.3. The van der Waals surface area contributed by atoms with E-state index < -0.39 is 75.5 Å². The van der Waals surface area contributed by atoms with E-state index in [2.05, 4.69) is 10.3 Å². The minimum absolute atomic E-state index is 0.0712. The first-order valence-corrected chi connectivity index (χ1v) is 17.4. The highest BCUT2D eigenvalue weighted by Crippen LogP contribution is 2.48.